The Kier molecular flexibility index (Phi) is 3.80. The van der Waals surface area contributed by atoms with Crippen LogP contribution in [0, 0.1) is 24.1 Å². The van der Waals surface area contributed by atoms with Crippen molar-refractivity contribution >= 4 is 12.6 Å². The van der Waals surface area contributed by atoms with Gasteiger partial charge in [-0.05, 0) is 36.8 Å². The van der Waals surface area contributed by atoms with Crippen LogP contribution in [0.15, 0.2) is 56.8 Å². The van der Waals surface area contributed by atoms with Crippen LogP contribution in [-0.4, -0.2) is 4.57 Å². The molecule has 0 aliphatic heterocycles. The van der Waals surface area contributed by atoms with E-state index in [2.05, 4.69) is 18.7 Å². The van der Waals surface area contributed by atoms with E-state index in [1.54, 1.807) is 24.3 Å². The molecule has 1 aromatic heterocycles. The van der Waals surface area contributed by atoms with Gasteiger partial charge in [0.2, 0.25) is 0 Å². The summed E-state index contributed by atoms with van der Waals surface area (Å²) < 4.78 is 20.0. The summed E-state index contributed by atoms with van der Waals surface area (Å²) in [6, 6.07) is 11.6. The van der Waals surface area contributed by atoms with Gasteiger partial charge in [0.25, 0.3) is 0 Å². The SMILES string of the molecule is Cc1ccc(-n2c(-c3ccc(S)c(F)c3)coc2=O)cc1C#N. The van der Waals surface area contributed by atoms with Crippen molar-refractivity contribution in [2.45, 2.75) is 11.8 Å². The molecule has 0 bridgehead atoms. The summed E-state index contributed by atoms with van der Waals surface area (Å²) in [5.41, 5.74) is 2.62. The van der Waals surface area contributed by atoms with Crippen molar-refractivity contribution in [2.75, 3.05) is 0 Å². The molecule has 3 rings (SSSR count). The molecular formula is C17H11FN2O2S. The van der Waals surface area contributed by atoms with Crippen LogP contribution in [-0.2, 0) is 0 Å². The molecule has 0 N–H and O–H groups in total. The molecule has 0 saturated carbocycles. The van der Waals surface area contributed by atoms with Crippen LogP contribution in [0.3, 0.4) is 0 Å². The average molecular weight is 326 g/mol. The molecule has 0 unspecified atom stereocenters. The predicted octanol–water partition coefficient (Wildman–Crippen LogP) is 3.71. The third-order valence-corrected chi connectivity index (χ3v) is 3.90. The highest BCUT2D eigenvalue weighted by atomic mass is 32.1. The normalized spacial score (nSPS) is 10.5. The highest BCUT2D eigenvalue weighted by molar-refractivity contribution is 7.80. The first-order valence-electron chi connectivity index (χ1n) is 6.72. The van der Waals surface area contributed by atoms with Crippen LogP contribution in [0.2, 0.25) is 0 Å². The van der Waals surface area contributed by atoms with Gasteiger partial charge in [0.05, 0.1) is 23.0 Å². The fourth-order valence-corrected chi connectivity index (χ4v) is 2.43. The third-order valence-electron chi connectivity index (χ3n) is 3.54. The second-order valence-electron chi connectivity index (χ2n) is 5.00. The molecule has 1 heterocycles. The Labute approximate surface area is 136 Å². The predicted molar refractivity (Wildman–Crippen MR) is 86.4 cm³/mol. The fraction of sp³-hybridized carbons (Fsp3) is 0.0588. The Balaban J connectivity index is 2.22. The van der Waals surface area contributed by atoms with E-state index in [9.17, 15) is 9.18 Å². The van der Waals surface area contributed by atoms with Gasteiger partial charge in [0.1, 0.15) is 12.1 Å². The highest BCUT2D eigenvalue weighted by Crippen LogP contribution is 2.25. The maximum atomic E-state index is 13.7. The molecule has 0 aliphatic rings. The number of nitriles is 1. The largest absolute Gasteiger partial charge is 0.424 e. The van der Waals surface area contributed by atoms with Gasteiger partial charge in [-0.2, -0.15) is 5.26 Å². The van der Waals surface area contributed by atoms with Crippen molar-refractivity contribution in [1.82, 2.24) is 4.57 Å². The van der Waals surface area contributed by atoms with Gasteiger partial charge in [0, 0.05) is 10.5 Å². The zero-order valence-electron chi connectivity index (χ0n) is 12.1. The van der Waals surface area contributed by atoms with E-state index < -0.39 is 11.6 Å². The van der Waals surface area contributed by atoms with Crippen LogP contribution < -0.4 is 5.76 Å². The van der Waals surface area contributed by atoms with E-state index in [-0.39, 0.29) is 4.90 Å². The Bertz CT molecular complexity index is 999. The molecular weight excluding hydrogens is 315 g/mol. The summed E-state index contributed by atoms with van der Waals surface area (Å²) in [6.07, 6.45) is 1.27. The number of thiol groups is 1. The Morgan fingerprint density at radius 2 is 2.04 bits per heavy atom. The lowest BCUT2D eigenvalue weighted by atomic mass is 10.1. The molecule has 0 amide bonds. The van der Waals surface area contributed by atoms with E-state index in [0.29, 0.717) is 22.5 Å². The van der Waals surface area contributed by atoms with E-state index in [1.165, 1.54) is 23.0 Å². The number of hydrogen-bond donors (Lipinski definition) is 1. The zero-order valence-corrected chi connectivity index (χ0v) is 13.0. The molecule has 114 valence electrons. The molecule has 3 aromatic rings. The first-order valence-corrected chi connectivity index (χ1v) is 7.16. The summed E-state index contributed by atoms with van der Waals surface area (Å²) in [7, 11) is 0. The fourth-order valence-electron chi connectivity index (χ4n) is 2.29. The van der Waals surface area contributed by atoms with Gasteiger partial charge in [-0.1, -0.05) is 12.1 Å². The molecule has 0 atom stereocenters. The minimum absolute atomic E-state index is 0.216. The first-order chi connectivity index (χ1) is 11.0. The standard InChI is InChI=1S/C17H11FN2O2S/c1-10-2-4-13(6-12(10)8-19)20-15(9-22-17(20)21)11-3-5-16(23)14(18)7-11/h2-7,9,23H,1H3. The lowest BCUT2D eigenvalue weighted by molar-refractivity contribution is 0.504. The summed E-state index contributed by atoms with van der Waals surface area (Å²) in [5.74, 6) is -1.10. The van der Waals surface area contributed by atoms with Crippen molar-refractivity contribution in [2.24, 2.45) is 0 Å². The summed E-state index contributed by atoms with van der Waals surface area (Å²) in [4.78, 5) is 12.3. The van der Waals surface area contributed by atoms with Crippen molar-refractivity contribution < 1.29 is 8.81 Å². The summed E-state index contributed by atoms with van der Waals surface area (Å²) in [5, 5.41) is 9.14. The number of oxazole rings is 1. The van der Waals surface area contributed by atoms with E-state index in [0.717, 1.165) is 5.56 Å². The number of hydrogen-bond acceptors (Lipinski definition) is 4. The lowest BCUT2D eigenvalue weighted by Gasteiger charge is -2.08. The number of benzene rings is 2. The number of aromatic nitrogens is 1. The number of rotatable bonds is 2. The molecule has 0 spiro atoms. The van der Waals surface area contributed by atoms with Gasteiger partial charge in [-0.15, -0.1) is 12.6 Å². The lowest BCUT2D eigenvalue weighted by Crippen LogP contribution is -2.13. The Morgan fingerprint density at radius 3 is 2.74 bits per heavy atom. The molecule has 0 saturated heterocycles. The van der Waals surface area contributed by atoms with Crippen molar-refractivity contribution in [3.05, 3.63) is 70.2 Å². The Hall–Kier alpha value is -2.78. The maximum absolute atomic E-state index is 13.7. The van der Waals surface area contributed by atoms with Crippen molar-refractivity contribution in [3.8, 4) is 23.0 Å². The molecule has 0 fully saturated rings. The first kappa shape index (κ1) is 15.1. The van der Waals surface area contributed by atoms with Crippen molar-refractivity contribution in [3.63, 3.8) is 0 Å². The monoisotopic (exact) mass is 326 g/mol. The van der Waals surface area contributed by atoms with Crippen LogP contribution in [0.25, 0.3) is 16.9 Å². The molecule has 2 aromatic carbocycles. The van der Waals surface area contributed by atoms with E-state index >= 15 is 0 Å². The minimum atomic E-state index is -0.608. The van der Waals surface area contributed by atoms with Crippen molar-refractivity contribution in [1.29, 1.82) is 5.26 Å². The van der Waals surface area contributed by atoms with Gasteiger partial charge < -0.3 is 4.42 Å². The number of nitrogens with zero attached hydrogens (tertiary/aromatic N) is 2. The number of halogens is 1. The maximum Gasteiger partial charge on any atom is 0.424 e. The molecule has 23 heavy (non-hydrogen) atoms. The smallest absolute Gasteiger partial charge is 0.415 e. The van der Waals surface area contributed by atoms with Crippen LogP contribution in [0.4, 0.5) is 4.39 Å². The zero-order chi connectivity index (χ0) is 16.6. The number of aryl methyl sites for hydroxylation is 1. The van der Waals surface area contributed by atoms with Crippen LogP contribution in [0.5, 0.6) is 0 Å². The molecule has 6 heteroatoms. The van der Waals surface area contributed by atoms with Gasteiger partial charge in [0.15, 0.2) is 0 Å². The van der Waals surface area contributed by atoms with Crippen LogP contribution in [0.1, 0.15) is 11.1 Å². The topological polar surface area (TPSA) is 58.9 Å². The quantitative estimate of drug-likeness (QED) is 0.730. The van der Waals surface area contributed by atoms with Gasteiger partial charge in [-0.25, -0.2) is 13.8 Å². The second-order valence-corrected chi connectivity index (χ2v) is 5.48. The molecule has 0 aliphatic carbocycles. The second kappa shape index (κ2) is 5.78. The Morgan fingerprint density at radius 1 is 1.26 bits per heavy atom. The third kappa shape index (κ3) is 2.67. The van der Waals surface area contributed by atoms with Gasteiger partial charge >= 0.3 is 5.76 Å². The summed E-state index contributed by atoms with van der Waals surface area (Å²) >= 11 is 3.99. The molecule has 0 radical (unpaired) electrons. The van der Waals surface area contributed by atoms with E-state index in [4.69, 9.17) is 9.68 Å². The molecule has 4 nitrogen and oxygen atoms in total. The van der Waals surface area contributed by atoms with Gasteiger partial charge in [-0.3, -0.25) is 0 Å². The summed E-state index contributed by atoms with van der Waals surface area (Å²) in [6.45, 7) is 1.81. The highest BCUT2D eigenvalue weighted by Gasteiger charge is 2.14. The average Bonchev–Trinajstić information content (AvgIpc) is 2.92. The minimum Gasteiger partial charge on any atom is -0.415 e. The van der Waals surface area contributed by atoms with E-state index in [1.807, 2.05) is 6.92 Å². The van der Waals surface area contributed by atoms with Crippen LogP contribution >= 0.6 is 12.6 Å².